The second-order valence-electron chi connectivity index (χ2n) is 8.68. The van der Waals surface area contributed by atoms with Crippen LogP contribution in [-0.2, 0) is 4.79 Å². The first kappa shape index (κ1) is 19.4. The number of piperidine rings is 2. The summed E-state index contributed by atoms with van der Waals surface area (Å²) in [6, 6.07) is 0.588. The average molecular weight is 387 g/mol. The van der Waals surface area contributed by atoms with Crippen molar-refractivity contribution in [3.8, 4) is 0 Å². The maximum atomic E-state index is 12.8. The number of aromatic nitrogens is 2. The summed E-state index contributed by atoms with van der Waals surface area (Å²) in [6.45, 7) is 6.05. The van der Waals surface area contributed by atoms with Gasteiger partial charge in [0.05, 0.1) is 5.92 Å². The molecule has 1 aromatic heterocycles. The molecule has 1 atom stereocenters. The van der Waals surface area contributed by atoms with Crippen molar-refractivity contribution in [3.63, 3.8) is 0 Å². The molecule has 3 fully saturated rings. The quantitative estimate of drug-likeness (QED) is 0.787. The van der Waals surface area contributed by atoms with Gasteiger partial charge in [-0.1, -0.05) is 0 Å². The summed E-state index contributed by atoms with van der Waals surface area (Å²) in [5.74, 6) is 2.56. The maximum Gasteiger partial charge on any atom is 0.226 e. The second-order valence-corrected chi connectivity index (χ2v) is 8.68. The molecule has 0 radical (unpaired) electrons. The van der Waals surface area contributed by atoms with Gasteiger partial charge in [-0.25, -0.2) is 9.97 Å². The van der Waals surface area contributed by atoms with Crippen molar-refractivity contribution in [2.75, 3.05) is 63.2 Å². The zero-order valence-electron chi connectivity index (χ0n) is 17.4. The Hall–Kier alpha value is -1.89. The molecule has 0 N–H and O–H groups in total. The number of hydrogen-bond donors (Lipinski definition) is 0. The normalized spacial score (nSPS) is 24.6. The lowest BCUT2D eigenvalue weighted by atomic mass is 9.93. The summed E-state index contributed by atoms with van der Waals surface area (Å²) in [6.07, 6.45) is 10.4. The first-order valence-corrected chi connectivity index (χ1v) is 10.9. The van der Waals surface area contributed by atoms with Gasteiger partial charge in [0.2, 0.25) is 5.91 Å². The van der Waals surface area contributed by atoms with Crippen LogP contribution in [0, 0.1) is 5.92 Å². The maximum absolute atomic E-state index is 12.8. The molecule has 0 aliphatic carbocycles. The first-order chi connectivity index (χ1) is 13.6. The van der Waals surface area contributed by atoms with E-state index in [1.165, 1.54) is 12.8 Å². The number of anilines is 2. The molecule has 3 aliphatic heterocycles. The Bertz CT molecular complexity index is 667. The molecular formula is C21H34N6O. The Balaban J connectivity index is 1.34. The fourth-order valence-corrected chi connectivity index (χ4v) is 5.04. The molecule has 0 aromatic carbocycles. The molecule has 7 heteroatoms. The summed E-state index contributed by atoms with van der Waals surface area (Å²) in [5.41, 5.74) is 0. The largest absolute Gasteiger partial charge is 0.360 e. The fraction of sp³-hybridized carbons (Fsp3) is 0.762. The van der Waals surface area contributed by atoms with Crippen LogP contribution < -0.4 is 9.80 Å². The molecular weight excluding hydrogens is 352 g/mol. The second kappa shape index (κ2) is 8.64. The van der Waals surface area contributed by atoms with Gasteiger partial charge in [-0.3, -0.25) is 9.69 Å². The van der Waals surface area contributed by atoms with Crippen molar-refractivity contribution in [2.45, 2.75) is 44.6 Å². The summed E-state index contributed by atoms with van der Waals surface area (Å²) < 4.78 is 0. The zero-order valence-corrected chi connectivity index (χ0v) is 17.4. The first-order valence-electron chi connectivity index (χ1n) is 10.9. The summed E-state index contributed by atoms with van der Waals surface area (Å²) in [4.78, 5) is 31.0. The molecule has 3 aliphatic rings. The smallest absolute Gasteiger partial charge is 0.226 e. The van der Waals surface area contributed by atoms with Crippen LogP contribution in [0.15, 0.2) is 12.4 Å². The topological polar surface area (TPSA) is 55.8 Å². The van der Waals surface area contributed by atoms with Gasteiger partial charge in [-0.15, -0.1) is 0 Å². The molecule has 154 valence electrons. The molecule has 0 spiro atoms. The molecule has 1 amide bonds. The van der Waals surface area contributed by atoms with Crippen molar-refractivity contribution in [1.29, 1.82) is 0 Å². The molecule has 1 aromatic rings. The fourth-order valence-electron chi connectivity index (χ4n) is 5.04. The standard InChI is InChI=1S/C21H34N6O/c1-24(2)19-20(23-10-9-22-19)25-14-7-18(8-15-25)27-13-5-6-17(16-27)21(28)26-11-3-4-12-26/h9-10,17-18H,3-8,11-16H2,1-2H3. The average Bonchev–Trinajstić information content (AvgIpc) is 3.28. The highest BCUT2D eigenvalue weighted by molar-refractivity contribution is 5.79. The number of likely N-dealkylation sites (tertiary alicyclic amines) is 2. The van der Waals surface area contributed by atoms with Crippen LogP contribution in [-0.4, -0.2) is 85.1 Å². The molecule has 3 saturated heterocycles. The van der Waals surface area contributed by atoms with Crippen molar-refractivity contribution in [3.05, 3.63) is 12.4 Å². The van der Waals surface area contributed by atoms with E-state index < -0.39 is 0 Å². The van der Waals surface area contributed by atoms with E-state index in [0.29, 0.717) is 11.9 Å². The van der Waals surface area contributed by atoms with Gasteiger partial charge in [-0.2, -0.15) is 0 Å². The van der Waals surface area contributed by atoms with E-state index in [-0.39, 0.29) is 5.92 Å². The molecule has 0 saturated carbocycles. The summed E-state index contributed by atoms with van der Waals surface area (Å²) in [7, 11) is 4.04. The van der Waals surface area contributed by atoms with Gasteiger partial charge in [0, 0.05) is 65.3 Å². The Morgan fingerprint density at radius 3 is 2.39 bits per heavy atom. The van der Waals surface area contributed by atoms with E-state index in [1.54, 1.807) is 12.4 Å². The number of amides is 1. The van der Waals surface area contributed by atoms with E-state index in [9.17, 15) is 4.79 Å². The van der Waals surface area contributed by atoms with Crippen LogP contribution in [0.2, 0.25) is 0 Å². The Morgan fingerprint density at radius 2 is 1.68 bits per heavy atom. The molecule has 4 rings (SSSR count). The van der Waals surface area contributed by atoms with Crippen LogP contribution in [0.3, 0.4) is 0 Å². The minimum Gasteiger partial charge on any atom is -0.360 e. The Labute approximate surface area is 168 Å². The van der Waals surface area contributed by atoms with Gasteiger partial charge < -0.3 is 14.7 Å². The molecule has 28 heavy (non-hydrogen) atoms. The monoisotopic (exact) mass is 386 g/mol. The number of carbonyl (C=O) groups excluding carboxylic acids is 1. The third-order valence-corrected chi connectivity index (χ3v) is 6.58. The highest BCUT2D eigenvalue weighted by atomic mass is 16.2. The van der Waals surface area contributed by atoms with E-state index in [1.807, 2.05) is 19.0 Å². The minimum atomic E-state index is 0.213. The van der Waals surface area contributed by atoms with Gasteiger partial charge in [-0.05, 0) is 45.1 Å². The lowest BCUT2D eigenvalue weighted by molar-refractivity contribution is -0.136. The Morgan fingerprint density at radius 1 is 0.964 bits per heavy atom. The van der Waals surface area contributed by atoms with Crippen molar-refractivity contribution in [2.24, 2.45) is 5.92 Å². The highest BCUT2D eigenvalue weighted by Crippen LogP contribution is 2.29. The van der Waals surface area contributed by atoms with Crippen molar-refractivity contribution >= 4 is 17.5 Å². The van der Waals surface area contributed by atoms with E-state index >= 15 is 0 Å². The van der Waals surface area contributed by atoms with Crippen LogP contribution in [0.4, 0.5) is 11.6 Å². The van der Waals surface area contributed by atoms with Gasteiger partial charge >= 0.3 is 0 Å². The third kappa shape index (κ3) is 4.09. The van der Waals surface area contributed by atoms with Gasteiger partial charge in [0.15, 0.2) is 11.6 Å². The van der Waals surface area contributed by atoms with E-state index in [2.05, 4.69) is 24.7 Å². The predicted octanol–water partition coefficient (Wildman–Crippen LogP) is 1.85. The molecule has 1 unspecified atom stereocenters. The van der Waals surface area contributed by atoms with Crippen molar-refractivity contribution < 1.29 is 4.79 Å². The number of hydrogen-bond acceptors (Lipinski definition) is 6. The van der Waals surface area contributed by atoms with Crippen LogP contribution in [0.1, 0.15) is 38.5 Å². The molecule has 7 nitrogen and oxygen atoms in total. The molecule has 0 bridgehead atoms. The van der Waals surface area contributed by atoms with Crippen molar-refractivity contribution in [1.82, 2.24) is 19.8 Å². The number of carbonyl (C=O) groups is 1. The minimum absolute atomic E-state index is 0.213. The lowest BCUT2D eigenvalue weighted by Crippen LogP contribution is -2.51. The predicted molar refractivity (Wildman–Crippen MR) is 112 cm³/mol. The highest BCUT2D eigenvalue weighted by Gasteiger charge is 2.34. The van der Waals surface area contributed by atoms with Crippen LogP contribution in [0.25, 0.3) is 0 Å². The van der Waals surface area contributed by atoms with Gasteiger partial charge in [0.1, 0.15) is 0 Å². The molecule has 4 heterocycles. The van der Waals surface area contributed by atoms with Gasteiger partial charge in [0.25, 0.3) is 0 Å². The van der Waals surface area contributed by atoms with Crippen LogP contribution in [0.5, 0.6) is 0 Å². The SMILES string of the molecule is CN(C)c1nccnc1N1CCC(N2CCCC(C(=O)N3CCCC3)C2)CC1. The van der Waals surface area contributed by atoms with Crippen LogP contribution >= 0.6 is 0 Å². The van der Waals surface area contributed by atoms with E-state index in [0.717, 1.165) is 76.6 Å². The number of nitrogens with zero attached hydrogens (tertiary/aromatic N) is 6. The Kier molecular flexibility index (Phi) is 5.99. The summed E-state index contributed by atoms with van der Waals surface area (Å²) >= 11 is 0. The lowest BCUT2D eigenvalue weighted by Gasteiger charge is -2.43. The summed E-state index contributed by atoms with van der Waals surface area (Å²) in [5, 5.41) is 0. The van der Waals surface area contributed by atoms with E-state index in [4.69, 9.17) is 0 Å². The number of rotatable bonds is 4. The zero-order chi connectivity index (χ0) is 19.5. The third-order valence-electron chi connectivity index (χ3n) is 6.58.